The van der Waals surface area contributed by atoms with Crippen LogP contribution < -0.4 is 0 Å². The van der Waals surface area contributed by atoms with Crippen LogP contribution in [0.1, 0.15) is 5.69 Å². The van der Waals surface area contributed by atoms with E-state index in [9.17, 15) is 0 Å². The molecule has 0 radical (unpaired) electrons. The van der Waals surface area contributed by atoms with E-state index in [0.29, 0.717) is 0 Å². The summed E-state index contributed by atoms with van der Waals surface area (Å²) in [6, 6.07) is 56.4. The molecule has 0 amide bonds. The molecule has 0 atom stereocenters. The van der Waals surface area contributed by atoms with Crippen LogP contribution in [-0.2, 0) is 0 Å². The van der Waals surface area contributed by atoms with Gasteiger partial charge < -0.3 is 4.57 Å². The number of nitrogens with zero attached hydrogens (tertiary/aromatic N) is 3. The number of para-hydroxylation sites is 3. The fourth-order valence-electron chi connectivity index (χ4n) is 7.37. The molecule has 6 aromatic carbocycles. The third kappa shape index (κ3) is 4.79. The van der Waals surface area contributed by atoms with E-state index in [4.69, 9.17) is 4.98 Å². The van der Waals surface area contributed by atoms with E-state index in [1.165, 1.54) is 38.1 Å². The summed E-state index contributed by atoms with van der Waals surface area (Å²) in [5.74, 6) is 0.850. The Morgan fingerprint density at radius 1 is 0.460 bits per heavy atom. The van der Waals surface area contributed by atoms with Crippen molar-refractivity contribution >= 4 is 49.2 Å². The first kappa shape index (κ1) is 29.4. The molecule has 0 aliphatic heterocycles. The van der Waals surface area contributed by atoms with Crippen LogP contribution >= 0.6 is 0 Å². The number of allylic oxidation sites excluding steroid dienone is 4. The van der Waals surface area contributed by atoms with E-state index in [-0.39, 0.29) is 0 Å². The third-order valence-corrected chi connectivity index (χ3v) is 9.66. The Morgan fingerprint density at radius 3 is 1.80 bits per heavy atom. The average molecular weight is 640 g/mol. The van der Waals surface area contributed by atoms with Gasteiger partial charge in [-0.15, -0.1) is 0 Å². The molecule has 50 heavy (non-hydrogen) atoms. The Balaban J connectivity index is 1.28. The highest BCUT2D eigenvalue weighted by atomic mass is 15.1. The van der Waals surface area contributed by atoms with Crippen molar-refractivity contribution in [2.24, 2.45) is 0 Å². The van der Waals surface area contributed by atoms with Crippen molar-refractivity contribution in [1.29, 1.82) is 0 Å². The van der Waals surface area contributed by atoms with Crippen LogP contribution in [0.4, 0.5) is 0 Å². The first-order chi connectivity index (χ1) is 24.7. The maximum atomic E-state index is 5.27. The maximum absolute atomic E-state index is 5.27. The smallest absolute Gasteiger partial charge is 0.138 e. The minimum Gasteiger partial charge on any atom is -0.309 e. The minimum atomic E-state index is 0.846. The van der Waals surface area contributed by atoms with Crippen LogP contribution in [0.3, 0.4) is 0 Å². The Morgan fingerprint density at radius 2 is 1.06 bits per heavy atom. The van der Waals surface area contributed by atoms with E-state index in [2.05, 4.69) is 174 Å². The molecule has 236 valence electrons. The van der Waals surface area contributed by atoms with Crippen LogP contribution in [-0.4, -0.2) is 14.1 Å². The lowest BCUT2D eigenvalue weighted by Crippen LogP contribution is -2.01. The molecule has 0 aliphatic carbocycles. The summed E-state index contributed by atoms with van der Waals surface area (Å²) in [4.78, 5) is 5.27. The maximum Gasteiger partial charge on any atom is 0.138 e. The SMILES string of the molecule is C=C/C=C(\C=C)c1cc(-c2ccccc2)cc(-n2c3ccccc3c3ccc(-c4ccc5c(c4)c4ccccc4n5-c4ccccc4)cc32)n1. The molecule has 0 bridgehead atoms. The van der Waals surface area contributed by atoms with Crippen LogP contribution in [0.25, 0.3) is 82.9 Å². The van der Waals surface area contributed by atoms with E-state index < -0.39 is 0 Å². The van der Waals surface area contributed by atoms with Gasteiger partial charge >= 0.3 is 0 Å². The van der Waals surface area contributed by atoms with Crippen molar-refractivity contribution in [2.45, 2.75) is 0 Å². The third-order valence-electron chi connectivity index (χ3n) is 9.66. The lowest BCUT2D eigenvalue weighted by Gasteiger charge is -2.13. The topological polar surface area (TPSA) is 22.8 Å². The molecule has 0 fully saturated rings. The molecular formula is C47H33N3. The Kier molecular flexibility index (Phi) is 7.10. The zero-order valence-corrected chi connectivity index (χ0v) is 27.5. The van der Waals surface area contributed by atoms with Gasteiger partial charge in [0.1, 0.15) is 5.82 Å². The minimum absolute atomic E-state index is 0.846. The quantitative estimate of drug-likeness (QED) is 0.159. The number of hydrogen-bond acceptors (Lipinski definition) is 1. The largest absolute Gasteiger partial charge is 0.309 e. The second kappa shape index (κ2) is 12.1. The van der Waals surface area contributed by atoms with Crippen molar-refractivity contribution in [3.63, 3.8) is 0 Å². The van der Waals surface area contributed by atoms with Gasteiger partial charge in [0, 0.05) is 27.2 Å². The normalized spacial score (nSPS) is 11.9. The van der Waals surface area contributed by atoms with Crippen molar-refractivity contribution in [3.05, 3.63) is 195 Å². The molecule has 9 aromatic rings. The fourth-order valence-corrected chi connectivity index (χ4v) is 7.37. The first-order valence-corrected chi connectivity index (χ1v) is 16.9. The molecule has 3 heterocycles. The summed E-state index contributed by atoms with van der Waals surface area (Å²) in [6.45, 7) is 8.03. The van der Waals surface area contributed by atoms with Gasteiger partial charge in [-0.05, 0) is 82.4 Å². The number of pyridine rings is 1. The Hall–Kier alpha value is -6.71. The van der Waals surface area contributed by atoms with E-state index in [1.54, 1.807) is 6.08 Å². The highest BCUT2D eigenvalue weighted by Crippen LogP contribution is 2.38. The molecule has 9 rings (SSSR count). The number of fused-ring (bicyclic) bond motifs is 6. The highest BCUT2D eigenvalue weighted by Gasteiger charge is 2.18. The van der Waals surface area contributed by atoms with E-state index in [1.807, 2.05) is 18.2 Å². The van der Waals surface area contributed by atoms with Gasteiger partial charge in [-0.1, -0.05) is 135 Å². The number of aromatic nitrogens is 3. The Labute approximate surface area is 291 Å². The molecule has 3 nitrogen and oxygen atoms in total. The zero-order valence-electron chi connectivity index (χ0n) is 27.5. The van der Waals surface area contributed by atoms with Gasteiger partial charge in [0.25, 0.3) is 0 Å². The standard InChI is InChI=1S/C47H33N3/c1-3-15-32(4-2)42-29-36(33-16-7-5-8-17-33)31-47(48-42)50-44-23-14-11-20-38(44)40-26-24-35(30-46(40)50)34-25-27-45-41(28-34)39-21-12-13-22-43(39)49(45)37-18-9-6-10-19-37/h3-31H,1-2H2/b32-15+. The van der Waals surface area contributed by atoms with Crippen molar-refractivity contribution < 1.29 is 0 Å². The molecule has 3 aromatic heterocycles. The molecule has 3 heteroatoms. The summed E-state index contributed by atoms with van der Waals surface area (Å²) < 4.78 is 4.66. The number of benzene rings is 6. The van der Waals surface area contributed by atoms with Gasteiger partial charge in [-0.3, -0.25) is 4.57 Å². The van der Waals surface area contributed by atoms with Gasteiger partial charge in [-0.2, -0.15) is 0 Å². The van der Waals surface area contributed by atoms with Crippen LogP contribution in [0.15, 0.2) is 189 Å². The second-order valence-electron chi connectivity index (χ2n) is 12.5. The number of rotatable bonds is 7. The number of hydrogen-bond donors (Lipinski definition) is 0. The van der Waals surface area contributed by atoms with Gasteiger partial charge in [-0.25, -0.2) is 4.98 Å². The lowest BCUT2D eigenvalue weighted by molar-refractivity contribution is 1.07. The summed E-state index contributed by atoms with van der Waals surface area (Å²) in [6.07, 6.45) is 5.59. The molecule has 0 saturated carbocycles. The highest BCUT2D eigenvalue weighted by molar-refractivity contribution is 6.12. The van der Waals surface area contributed by atoms with Gasteiger partial charge in [0.15, 0.2) is 0 Å². The Bertz CT molecular complexity index is 2780. The van der Waals surface area contributed by atoms with E-state index in [0.717, 1.165) is 50.5 Å². The van der Waals surface area contributed by atoms with Crippen LogP contribution in [0, 0.1) is 0 Å². The second-order valence-corrected chi connectivity index (χ2v) is 12.5. The van der Waals surface area contributed by atoms with Crippen molar-refractivity contribution in [1.82, 2.24) is 14.1 Å². The monoisotopic (exact) mass is 639 g/mol. The lowest BCUT2D eigenvalue weighted by atomic mass is 10.0. The summed E-state index contributed by atoms with van der Waals surface area (Å²) in [5.41, 5.74) is 12.1. The predicted molar refractivity (Wildman–Crippen MR) is 212 cm³/mol. The summed E-state index contributed by atoms with van der Waals surface area (Å²) in [5, 5.41) is 4.85. The van der Waals surface area contributed by atoms with Crippen molar-refractivity contribution in [2.75, 3.05) is 0 Å². The van der Waals surface area contributed by atoms with E-state index >= 15 is 0 Å². The molecule has 0 saturated heterocycles. The predicted octanol–water partition coefficient (Wildman–Crippen LogP) is 12.4. The summed E-state index contributed by atoms with van der Waals surface area (Å²) >= 11 is 0. The summed E-state index contributed by atoms with van der Waals surface area (Å²) in [7, 11) is 0. The zero-order chi connectivity index (χ0) is 33.6. The van der Waals surface area contributed by atoms with Gasteiger partial charge in [0.2, 0.25) is 0 Å². The van der Waals surface area contributed by atoms with Crippen LogP contribution in [0.2, 0.25) is 0 Å². The molecular weight excluding hydrogens is 607 g/mol. The van der Waals surface area contributed by atoms with Gasteiger partial charge in [0.05, 0.1) is 27.8 Å². The molecule has 0 spiro atoms. The first-order valence-electron chi connectivity index (χ1n) is 16.9. The fraction of sp³-hybridized carbons (Fsp3) is 0. The molecule has 0 N–H and O–H groups in total. The van der Waals surface area contributed by atoms with Crippen molar-refractivity contribution in [3.8, 4) is 33.8 Å². The average Bonchev–Trinajstić information content (AvgIpc) is 3.69. The van der Waals surface area contributed by atoms with Crippen LogP contribution in [0.5, 0.6) is 0 Å². The molecule has 0 unspecified atom stereocenters. The molecule has 0 aliphatic rings.